The van der Waals surface area contributed by atoms with E-state index in [-0.39, 0.29) is 0 Å². The third-order valence-corrected chi connectivity index (χ3v) is 3.03. The molecule has 0 amide bonds. The number of unbranched alkanes of at least 4 members (excludes halogenated alkanes) is 2. The number of ketones is 1. The summed E-state index contributed by atoms with van der Waals surface area (Å²) in [5.74, 6) is 0.810. The first-order valence-corrected chi connectivity index (χ1v) is 6.08. The van der Waals surface area contributed by atoms with E-state index in [2.05, 4.69) is 12.2 Å². The highest BCUT2D eigenvalue weighted by atomic mass is 16.1. The van der Waals surface area contributed by atoms with Crippen LogP contribution in [-0.2, 0) is 4.79 Å². The van der Waals surface area contributed by atoms with Crippen molar-refractivity contribution in [1.29, 1.82) is 0 Å². The molecule has 1 fully saturated rings. The molecular weight excluding hydrogens is 174 g/mol. The van der Waals surface area contributed by atoms with E-state index in [0.29, 0.717) is 11.7 Å². The van der Waals surface area contributed by atoms with Crippen molar-refractivity contribution < 1.29 is 4.79 Å². The normalized spacial score (nSPS) is 22.6. The van der Waals surface area contributed by atoms with E-state index in [1.54, 1.807) is 0 Å². The number of nitrogens with one attached hydrogen (secondary N) is 1. The Kier molecular flexibility index (Phi) is 5.85. The Morgan fingerprint density at radius 1 is 1.36 bits per heavy atom. The van der Waals surface area contributed by atoms with Crippen molar-refractivity contribution in [3.63, 3.8) is 0 Å². The molecule has 0 aromatic heterocycles. The van der Waals surface area contributed by atoms with Gasteiger partial charge >= 0.3 is 0 Å². The van der Waals surface area contributed by atoms with Gasteiger partial charge in [0.2, 0.25) is 0 Å². The number of rotatable bonds is 6. The van der Waals surface area contributed by atoms with Gasteiger partial charge in [0, 0.05) is 18.9 Å². The lowest BCUT2D eigenvalue weighted by molar-refractivity contribution is -0.124. The van der Waals surface area contributed by atoms with Gasteiger partial charge in [-0.15, -0.1) is 0 Å². The van der Waals surface area contributed by atoms with Gasteiger partial charge in [-0.2, -0.15) is 0 Å². The van der Waals surface area contributed by atoms with Crippen LogP contribution in [0.4, 0.5) is 0 Å². The molecule has 1 saturated carbocycles. The van der Waals surface area contributed by atoms with Crippen LogP contribution in [-0.4, -0.2) is 18.9 Å². The summed E-state index contributed by atoms with van der Waals surface area (Å²) in [6, 6.07) is 0. The van der Waals surface area contributed by atoms with Crippen LogP contribution in [0.2, 0.25) is 0 Å². The number of hydrogen-bond acceptors (Lipinski definition) is 2. The molecule has 0 aromatic carbocycles. The topological polar surface area (TPSA) is 29.1 Å². The summed E-state index contributed by atoms with van der Waals surface area (Å²) in [4.78, 5) is 11.5. The van der Waals surface area contributed by atoms with Gasteiger partial charge in [0.1, 0.15) is 5.78 Å². The summed E-state index contributed by atoms with van der Waals surface area (Å²) in [5.41, 5.74) is 0. The molecule has 1 rings (SSSR count). The van der Waals surface area contributed by atoms with E-state index in [0.717, 1.165) is 32.4 Å². The second-order valence-electron chi connectivity index (χ2n) is 4.32. The number of Topliss-reactive ketones (excluding diaryl/α,β-unsaturated/α-hetero) is 1. The smallest absolute Gasteiger partial charge is 0.137 e. The molecule has 2 nitrogen and oxygen atoms in total. The summed E-state index contributed by atoms with van der Waals surface area (Å²) in [6.07, 6.45) is 8.10. The largest absolute Gasteiger partial charge is 0.316 e. The predicted molar refractivity (Wildman–Crippen MR) is 59.4 cm³/mol. The van der Waals surface area contributed by atoms with E-state index in [4.69, 9.17) is 0 Å². The fourth-order valence-electron chi connectivity index (χ4n) is 2.05. The van der Waals surface area contributed by atoms with E-state index < -0.39 is 0 Å². The van der Waals surface area contributed by atoms with Gasteiger partial charge in [-0.25, -0.2) is 0 Å². The second kappa shape index (κ2) is 6.99. The maximum Gasteiger partial charge on any atom is 0.137 e. The van der Waals surface area contributed by atoms with Gasteiger partial charge in [0.25, 0.3) is 0 Å². The van der Waals surface area contributed by atoms with E-state index >= 15 is 0 Å². The van der Waals surface area contributed by atoms with Gasteiger partial charge in [0.05, 0.1) is 0 Å². The SMILES string of the molecule is CCCCCNCC1CCCCC1=O. The van der Waals surface area contributed by atoms with Crippen LogP contribution < -0.4 is 5.32 Å². The van der Waals surface area contributed by atoms with E-state index in [1.165, 1.54) is 25.7 Å². The van der Waals surface area contributed by atoms with Gasteiger partial charge in [0.15, 0.2) is 0 Å². The van der Waals surface area contributed by atoms with E-state index in [1.807, 2.05) is 0 Å². The zero-order valence-electron chi connectivity index (χ0n) is 9.35. The summed E-state index contributed by atoms with van der Waals surface area (Å²) in [6.45, 7) is 4.21. The molecule has 1 atom stereocenters. The van der Waals surface area contributed by atoms with Crippen LogP contribution in [0.25, 0.3) is 0 Å². The van der Waals surface area contributed by atoms with E-state index in [9.17, 15) is 4.79 Å². The molecule has 0 aliphatic heterocycles. The number of carbonyl (C=O) groups excluding carboxylic acids is 1. The molecule has 1 aliphatic carbocycles. The Morgan fingerprint density at radius 2 is 2.21 bits per heavy atom. The molecule has 82 valence electrons. The minimum atomic E-state index is 0.324. The molecule has 0 saturated heterocycles. The van der Waals surface area contributed by atoms with Crippen LogP contribution >= 0.6 is 0 Å². The Balaban J connectivity index is 2.02. The zero-order chi connectivity index (χ0) is 10.2. The van der Waals surface area contributed by atoms with Crippen molar-refractivity contribution in [2.45, 2.75) is 51.9 Å². The Labute approximate surface area is 87.5 Å². The fraction of sp³-hybridized carbons (Fsp3) is 0.917. The molecule has 1 aliphatic rings. The summed E-state index contributed by atoms with van der Waals surface area (Å²) in [7, 11) is 0. The highest BCUT2D eigenvalue weighted by Gasteiger charge is 2.20. The van der Waals surface area contributed by atoms with Crippen molar-refractivity contribution in [1.82, 2.24) is 5.32 Å². The number of carbonyl (C=O) groups is 1. The quantitative estimate of drug-likeness (QED) is 0.663. The Hall–Kier alpha value is -0.370. The summed E-state index contributed by atoms with van der Waals surface area (Å²) < 4.78 is 0. The predicted octanol–water partition coefficient (Wildman–Crippen LogP) is 2.53. The lowest BCUT2D eigenvalue weighted by atomic mass is 9.88. The third-order valence-electron chi connectivity index (χ3n) is 3.03. The first-order valence-electron chi connectivity index (χ1n) is 6.08. The first kappa shape index (κ1) is 11.7. The van der Waals surface area contributed by atoms with Crippen LogP contribution in [0.15, 0.2) is 0 Å². The van der Waals surface area contributed by atoms with Gasteiger partial charge in [-0.3, -0.25) is 4.79 Å². The van der Waals surface area contributed by atoms with Crippen LogP contribution in [0.1, 0.15) is 51.9 Å². The maximum atomic E-state index is 11.5. The lowest BCUT2D eigenvalue weighted by Gasteiger charge is -2.20. The van der Waals surface area contributed by atoms with Crippen molar-refractivity contribution in [2.75, 3.05) is 13.1 Å². The van der Waals surface area contributed by atoms with Gasteiger partial charge < -0.3 is 5.32 Å². The van der Waals surface area contributed by atoms with Gasteiger partial charge in [-0.05, 0) is 25.8 Å². The van der Waals surface area contributed by atoms with Crippen molar-refractivity contribution in [2.24, 2.45) is 5.92 Å². The molecule has 0 radical (unpaired) electrons. The van der Waals surface area contributed by atoms with Gasteiger partial charge in [-0.1, -0.05) is 26.2 Å². The highest BCUT2D eigenvalue weighted by Crippen LogP contribution is 2.19. The molecule has 0 spiro atoms. The zero-order valence-corrected chi connectivity index (χ0v) is 9.35. The van der Waals surface area contributed by atoms with Crippen molar-refractivity contribution in [3.05, 3.63) is 0 Å². The average molecular weight is 197 g/mol. The second-order valence-corrected chi connectivity index (χ2v) is 4.32. The lowest BCUT2D eigenvalue weighted by Crippen LogP contribution is -2.31. The summed E-state index contributed by atoms with van der Waals surface area (Å²) in [5, 5.41) is 3.40. The molecule has 1 N–H and O–H groups in total. The molecule has 0 bridgehead atoms. The molecule has 2 heteroatoms. The van der Waals surface area contributed by atoms with Crippen LogP contribution in [0.5, 0.6) is 0 Å². The molecule has 0 aromatic rings. The molecule has 0 heterocycles. The standard InChI is InChI=1S/C12H23NO/c1-2-3-6-9-13-10-11-7-4-5-8-12(11)14/h11,13H,2-10H2,1H3. The van der Waals surface area contributed by atoms with Crippen molar-refractivity contribution in [3.8, 4) is 0 Å². The van der Waals surface area contributed by atoms with Crippen LogP contribution in [0.3, 0.4) is 0 Å². The fourth-order valence-corrected chi connectivity index (χ4v) is 2.05. The third kappa shape index (κ3) is 4.23. The average Bonchev–Trinajstić information content (AvgIpc) is 2.20. The minimum Gasteiger partial charge on any atom is -0.316 e. The monoisotopic (exact) mass is 197 g/mol. The Morgan fingerprint density at radius 3 is 2.93 bits per heavy atom. The first-order chi connectivity index (χ1) is 6.84. The summed E-state index contributed by atoms with van der Waals surface area (Å²) >= 11 is 0. The molecule has 1 unspecified atom stereocenters. The maximum absolute atomic E-state index is 11.5. The molecule has 14 heavy (non-hydrogen) atoms. The molecular formula is C12H23NO. The van der Waals surface area contributed by atoms with Crippen molar-refractivity contribution >= 4 is 5.78 Å². The minimum absolute atomic E-state index is 0.324. The highest BCUT2D eigenvalue weighted by molar-refractivity contribution is 5.81. The Bertz CT molecular complexity index is 168. The van der Waals surface area contributed by atoms with Crippen LogP contribution in [0, 0.1) is 5.92 Å². The number of hydrogen-bond donors (Lipinski definition) is 1.